The van der Waals surface area contributed by atoms with Crippen LogP contribution in [0.25, 0.3) is 11.7 Å². The van der Waals surface area contributed by atoms with E-state index in [2.05, 4.69) is 15.5 Å². The summed E-state index contributed by atoms with van der Waals surface area (Å²) in [5, 5.41) is 20.2. The van der Waals surface area contributed by atoms with Crippen molar-refractivity contribution in [2.45, 2.75) is 38.3 Å². The third-order valence-electron chi connectivity index (χ3n) is 3.82. The van der Waals surface area contributed by atoms with Crippen LogP contribution in [0.4, 0.5) is 0 Å². The Kier molecular flexibility index (Phi) is 4.01. The number of aliphatic carboxylic acids is 1. The lowest BCUT2D eigenvalue weighted by Gasteiger charge is -2.26. The lowest BCUT2D eigenvalue weighted by atomic mass is 9.86. The van der Waals surface area contributed by atoms with Gasteiger partial charge in [-0.3, -0.25) is 4.79 Å². The lowest BCUT2D eigenvalue weighted by Crippen LogP contribution is -2.34. The van der Waals surface area contributed by atoms with Crippen LogP contribution in [0.5, 0.6) is 0 Å². The Hall–Kier alpha value is -2.15. The molecule has 0 amide bonds. The zero-order valence-electron chi connectivity index (χ0n) is 11.5. The second-order valence-electron chi connectivity index (χ2n) is 5.25. The quantitative estimate of drug-likeness (QED) is 0.869. The summed E-state index contributed by atoms with van der Waals surface area (Å²) in [5.41, 5.74) is 0. The number of carbonyl (C=O) groups is 1. The van der Waals surface area contributed by atoms with Gasteiger partial charge in [0.15, 0.2) is 5.76 Å². The molecule has 1 aliphatic rings. The van der Waals surface area contributed by atoms with E-state index in [-0.39, 0.29) is 5.92 Å². The molecule has 0 bridgehead atoms. The SMILES string of the molecule is O=C(O)C1CCC(NCc2nnc(-c3ccco3)o2)CC1. The largest absolute Gasteiger partial charge is 0.481 e. The molecule has 1 saturated carbocycles. The average Bonchev–Trinajstić information content (AvgIpc) is 3.16. The van der Waals surface area contributed by atoms with E-state index in [4.69, 9.17) is 13.9 Å². The smallest absolute Gasteiger partial charge is 0.306 e. The van der Waals surface area contributed by atoms with Crippen molar-refractivity contribution in [1.82, 2.24) is 15.5 Å². The number of hydrogen-bond donors (Lipinski definition) is 2. The average molecular weight is 291 g/mol. The van der Waals surface area contributed by atoms with Crippen molar-refractivity contribution in [3.05, 3.63) is 24.3 Å². The van der Waals surface area contributed by atoms with Crippen LogP contribution in [0.2, 0.25) is 0 Å². The van der Waals surface area contributed by atoms with E-state index in [1.165, 1.54) is 0 Å². The first-order valence-corrected chi connectivity index (χ1v) is 7.05. The fourth-order valence-electron chi connectivity index (χ4n) is 2.60. The van der Waals surface area contributed by atoms with Crippen LogP contribution < -0.4 is 5.32 Å². The van der Waals surface area contributed by atoms with Gasteiger partial charge in [0.05, 0.1) is 18.7 Å². The molecule has 2 heterocycles. The van der Waals surface area contributed by atoms with Gasteiger partial charge in [0.2, 0.25) is 5.89 Å². The standard InChI is InChI=1S/C14H17N3O4/c18-14(19)9-3-5-10(6-4-9)15-8-12-16-17-13(21-12)11-2-1-7-20-11/h1-2,7,9-10,15H,3-6,8H2,(H,18,19). The number of carboxylic acids is 1. The fourth-order valence-corrected chi connectivity index (χ4v) is 2.60. The van der Waals surface area contributed by atoms with Gasteiger partial charge in [0, 0.05) is 6.04 Å². The van der Waals surface area contributed by atoms with Crippen molar-refractivity contribution in [3.8, 4) is 11.7 Å². The zero-order valence-corrected chi connectivity index (χ0v) is 11.5. The third kappa shape index (κ3) is 3.30. The summed E-state index contributed by atoms with van der Waals surface area (Å²) < 4.78 is 10.7. The Morgan fingerprint density at radius 2 is 2.14 bits per heavy atom. The summed E-state index contributed by atoms with van der Waals surface area (Å²) in [6.45, 7) is 0.482. The molecule has 0 aliphatic heterocycles. The predicted octanol–water partition coefficient (Wildman–Crippen LogP) is 2.06. The van der Waals surface area contributed by atoms with Crippen LogP contribution >= 0.6 is 0 Å². The number of carboxylic acid groups (broad SMARTS) is 1. The lowest BCUT2D eigenvalue weighted by molar-refractivity contribution is -0.142. The maximum absolute atomic E-state index is 10.9. The number of nitrogens with zero attached hydrogens (tertiary/aromatic N) is 2. The van der Waals surface area contributed by atoms with E-state index in [9.17, 15) is 4.79 Å². The molecule has 2 aromatic rings. The van der Waals surface area contributed by atoms with Gasteiger partial charge in [-0.25, -0.2) is 0 Å². The molecule has 2 aromatic heterocycles. The van der Waals surface area contributed by atoms with Crippen molar-refractivity contribution in [1.29, 1.82) is 0 Å². The molecule has 2 N–H and O–H groups in total. The number of furan rings is 1. The van der Waals surface area contributed by atoms with Gasteiger partial charge >= 0.3 is 5.97 Å². The van der Waals surface area contributed by atoms with Crippen molar-refractivity contribution >= 4 is 5.97 Å². The molecule has 112 valence electrons. The Bertz CT molecular complexity index is 585. The molecule has 3 rings (SSSR count). The molecule has 0 unspecified atom stereocenters. The van der Waals surface area contributed by atoms with E-state index in [1.54, 1.807) is 18.4 Å². The van der Waals surface area contributed by atoms with E-state index < -0.39 is 5.97 Å². The first kappa shape index (κ1) is 13.8. The fraction of sp³-hybridized carbons (Fsp3) is 0.500. The van der Waals surface area contributed by atoms with Gasteiger partial charge < -0.3 is 19.3 Å². The van der Waals surface area contributed by atoms with Crippen molar-refractivity contribution in [2.75, 3.05) is 0 Å². The highest BCUT2D eigenvalue weighted by Crippen LogP contribution is 2.24. The minimum atomic E-state index is -0.687. The highest BCUT2D eigenvalue weighted by molar-refractivity contribution is 5.70. The number of hydrogen-bond acceptors (Lipinski definition) is 6. The topological polar surface area (TPSA) is 101 Å². The molecule has 1 aliphatic carbocycles. The van der Waals surface area contributed by atoms with Crippen LogP contribution in [0.15, 0.2) is 27.2 Å². The highest BCUT2D eigenvalue weighted by atomic mass is 16.4. The first-order valence-electron chi connectivity index (χ1n) is 7.05. The molecular weight excluding hydrogens is 274 g/mol. The summed E-state index contributed by atoms with van der Waals surface area (Å²) in [7, 11) is 0. The molecule has 7 heteroatoms. The van der Waals surface area contributed by atoms with Gasteiger partial charge in [-0.15, -0.1) is 10.2 Å². The minimum Gasteiger partial charge on any atom is -0.481 e. The summed E-state index contributed by atoms with van der Waals surface area (Å²) in [6.07, 6.45) is 4.70. The molecule has 0 atom stereocenters. The van der Waals surface area contributed by atoms with Crippen LogP contribution in [-0.2, 0) is 11.3 Å². The Morgan fingerprint density at radius 3 is 2.81 bits per heavy atom. The molecule has 0 saturated heterocycles. The van der Waals surface area contributed by atoms with Crippen molar-refractivity contribution in [3.63, 3.8) is 0 Å². The van der Waals surface area contributed by atoms with Gasteiger partial charge in [0.25, 0.3) is 5.89 Å². The summed E-state index contributed by atoms with van der Waals surface area (Å²) in [6, 6.07) is 3.83. The molecule has 0 radical (unpaired) electrons. The summed E-state index contributed by atoms with van der Waals surface area (Å²) in [4.78, 5) is 10.9. The maximum Gasteiger partial charge on any atom is 0.306 e. The van der Waals surface area contributed by atoms with E-state index in [1.807, 2.05) is 0 Å². The van der Waals surface area contributed by atoms with E-state index >= 15 is 0 Å². The van der Waals surface area contributed by atoms with Gasteiger partial charge in [-0.1, -0.05) is 0 Å². The van der Waals surface area contributed by atoms with Gasteiger partial charge in [-0.05, 0) is 37.8 Å². The Balaban J connectivity index is 1.49. The van der Waals surface area contributed by atoms with Gasteiger partial charge in [-0.2, -0.15) is 0 Å². The van der Waals surface area contributed by atoms with Crippen molar-refractivity contribution in [2.24, 2.45) is 5.92 Å². The second-order valence-corrected chi connectivity index (χ2v) is 5.25. The predicted molar refractivity (Wildman–Crippen MR) is 72.2 cm³/mol. The van der Waals surface area contributed by atoms with Crippen LogP contribution in [0.1, 0.15) is 31.6 Å². The molecular formula is C14H17N3O4. The summed E-state index contributed by atoms with van der Waals surface area (Å²) >= 11 is 0. The van der Waals surface area contributed by atoms with E-state index in [0.717, 1.165) is 12.8 Å². The van der Waals surface area contributed by atoms with E-state index in [0.29, 0.717) is 43.0 Å². The second kappa shape index (κ2) is 6.09. The molecule has 7 nitrogen and oxygen atoms in total. The maximum atomic E-state index is 10.9. The Morgan fingerprint density at radius 1 is 1.33 bits per heavy atom. The molecule has 0 aromatic carbocycles. The third-order valence-corrected chi connectivity index (χ3v) is 3.82. The number of aromatic nitrogens is 2. The molecule has 1 fully saturated rings. The highest BCUT2D eigenvalue weighted by Gasteiger charge is 2.25. The zero-order chi connectivity index (χ0) is 14.7. The molecule has 21 heavy (non-hydrogen) atoms. The van der Waals surface area contributed by atoms with Crippen LogP contribution in [0, 0.1) is 5.92 Å². The molecule has 0 spiro atoms. The normalized spacial score (nSPS) is 22.3. The number of rotatable bonds is 5. The summed E-state index contributed by atoms with van der Waals surface area (Å²) in [5.74, 6) is 0.536. The van der Waals surface area contributed by atoms with Gasteiger partial charge in [0.1, 0.15) is 0 Å². The first-order chi connectivity index (χ1) is 10.2. The monoisotopic (exact) mass is 291 g/mol. The number of nitrogens with one attached hydrogen (secondary N) is 1. The Labute approximate surface area is 121 Å². The van der Waals surface area contributed by atoms with Crippen LogP contribution in [0.3, 0.4) is 0 Å². The van der Waals surface area contributed by atoms with Crippen molar-refractivity contribution < 1.29 is 18.7 Å². The minimum absolute atomic E-state index is 0.197. The van der Waals surface area contributed by atoms with Crippen LogP contribution in [-0.4, -0.2) is 27.3 Å².